The van der Waals surface area contributed by atoms with Gasteiger partial charge in [0.15, 0.2) is 11.6 Å². The monoisotopic (exact) mass is 386 g/mol. The van der Waals surface area contributed by atoms with E-state index in [0.29, 0.717) is 38.8 Å². The molecular formula is C18H27FN2O4S. The van der Waals surface area contributed by atoms with Crippen LogP contribution in [0.4, 0.5) is 4.39 Å². The summed E-state index contributed by atoms with van der Waals surface area (Å²) >= 11 is 0. The predicted octanol–water partition coefficient (Wildman–Crippen LogP) is 1.86. The molecule has 1 N–H and O–H groups in total. The normalized spacial score (nSPS) is 22.6. The van der Waals surface area contributed by atoms with Crippen molar-refractivity contribution in [3.8, 4) is 5.75 Å². The molecular weight excluding hydrogens is 359 g/mol. The van der Waals surface area contributed by atoms with Gasteiger partial charge in [-0.1, -0.05) is 0 Å². The van der Waals surface area contributed by atoms with Gasteiger partial charge in [0, 0.05) is 25.6 Å². The second kappa shape index (κ2) is 8.65. The second-order valence-electron chi connectivity index (χ2n) is 7.04. The smallest absolute Gasteiger partial charge is 0.243 e. The number of ether oxygens (including phenoxy) is 2. The van der Waals surface area contributed by atoms with Crippen LogP contribution < -0.4 is 10.1 Å². The van der Waals surface area contributed by atoms with Crippen molar-refractivity contribution in [2.24, 2.45) is 11.8 Å². The molecule has 1 aromatic carbocycles. The Bertz CT molecular complexity index is 699. The Morgan fingerprint density at radius 1 is 1.27 bits per heavy atom. The van der Waals surface area contributed by atoms with E-state index in [9.17, 15) is 12.8 Å². The molecule has 146 valence electrons. The van der Waals surface area contributed by atoms with Crippen LogP contribution >= 0.6 is 0 Å². The molecule has 6 nitrogen and oxygen atoms in total. The summed E-state index contributed by atoms with van der Waals surface area (Å²) in [5.41, 5.74) is 0. The van der Waals surface area contributed by atoms with Gasteiger partial charge in [-0.2, -0.15) is 4.31 Å². The lowest BCUT2D eigenvalue weighted by atomic mass is 9.98. The highest BCUT2D eigenvalue weighted by atomic mass is 32.2. The standard InChI is InChI=1S/C18H27FN2O4S/c1-20-11-14-4-7-21(8-5-14)26(22,23)16-2-3-18(17(19)10-16)25-13-15-6-9-24-12-15/h2-3,10,14-15,20H,4-9,11-13H2,1H3. The van der Waals surface area contributed by atoms with Crippen LogP contribution in [0.25, 0.3) is 0 Å². The summed E-state index contributed by atoms with van der Waals surface area (Å²) in [5, 5.41) is 3.13. The van der Waals surface area contributed by atoms with Gasteiger partial charge in [-0.15, -0.1) is 0 Å². The number of sulfonamides is 1. The van der Waals surface area contributed by atoms with Crippen LogP contribution in [0.15, 0.2) is 23.1 Å². The highest BCUT2D eigenvalue weighted by Gasteiger charge is 2.30. The third-order valence-corrected chi connectivity index (χ3v) is 7.00. The van der Waals surface area contributed by atoms with Crippen LogP contribution in [0.3, 0.4) is 0 Å². The number of nitrogens with zero attached hydrogens (tertiary/aromatic N) is 1. The summed E-state index contributed by atoms with van der Waals surface area (Å²) in [6.45, 7) is 3.53. The molecule has 2 heterocycles. The molecule has 0 amide bonds. The summed E-state index contributed by atoms with van der Waals surface area (Å²) in [6.07, 6.45) is 2.53. The maximum atomic E-state index is 14.3. The van der Waals surface area contributed by atoms with E-state index in [-0.39, 0.29) is 16.6 Å². The molecule has 0 bridgehead atoms. The van der Waals surface area contributed by atoms with Gasteiger partial charge >= 0.3 is 0 Å². The Kier molecular flexibility index (Phi) is 6.50. The van der Waals surface area contributed by atoms with Crippen LogP contribution in [-0.4, -0.2) is 59.2 Å². The number of piperidine rings is 1. The fourth-order valence-electron chi connectivity index (χ4n) is 3.47. The summed E-state index contributed by atoms with van der Waals surface area (Å²) in [6, 6.07) is 3.90. The first-order valence-corrected chi connectivity index (χ1v) is 10.6. The highest BCUT2D eigenvalue weighted by Crippen LogP contribution is 2.27. The molecule has 1 unspecified atom stereocenters. The average molecular weight is 386 g/mol. The van der Waals surface area contributed by atoms with Gasteiger partial charge in [-0.05, 0) is 57.0 Å². The summed E-state index contributed by atoms with van der Waals surface area (Å²) in [4.78, 5) is -0.0152. The molecule has 2 saturated heterocycles. The van der Waals surface area contributed by atoms with Crippen molar-refractivity contribution in [1.29, 1.82) is 0 Å². The van der Waals surface area contributed by atoms with Crippen molar-refractivity contribution in [2.75, 3.05) is 46.5 Å². The van der Waals surface area contributed by atoms with Crippen molar-refractivity contribution in [3.63, 3.8) is 0 Å². The number of hydrogen-bond donors (Lipinski definition) is 1. The van der Waals surface area contributed by atoms with Crippen LogP contribution in [0.5, 0.6) is 5.75 Å². The van der Waals surface area contributed by atoms with E-state index in [1.54, 1.807) is 0 Å². The first-order valence-electron chi connectivity index (χ1n) is 9.15. The van der Waals surface area contributed by atoms with E-state index in [0.717, 1.165) is 31.9 Å². The van der Waals surface area contributed by atoms with Crippen molar-refractivity contribution >= 4 is 10.0 Å². The molecule has 8 heteroatoms. The summed E-state index contributed by atoms with van der Waals surface area (Å²) in [7, 11) is -1.77. The van der Waals surface area contributed by atoms with E-state index in [4.69, 9.17) is 9.47 Å². The van der Waals surface area contributed by atoms with Crippen molar-refractivity contribution in [2.45, 2.75) is 24.2 Å². The highest BCUT2D eigenvalue weighted by molar-refractivity contribution is 7.89. The number of nitrogens with one attached hydrogen (secondary N) is 1. The van der Waals surface area contributed by atoms with Gasteiger partial charge in [0.05, 0.1) is 18.1 Å². The topological polar surface area (TPSA) is 67.9 Å². The summed E-state index contributed by atoms with van der Waals surface area (Å²) in [5.74, 6) is 0.189. The fraction of sp³-hybridized carbons (Fsp3) is 0.667. The van der Waals surface area contributed by atoms with Crippen LogP contribution in [-0.2, 0) is 14.8 Å². The van der Waals surface area contributed by atoms with Gasteiger partial charge in [-0.25, -0.2) is 12.8 Å². The van der Waals surface area contributed by atoms with Crippen molar-refractivity contribution in [3.05, 3.63) is 24.0 Å². The first kappa shape index (κ1) is 19.5. The first-order chi connectivity index (χ1) is 12.5. The zero-order valence-corrected chi connectivity index (χ0v) is 15.9. The second-order valence-corrected chi connectivity index (χ2v) is 8.98. The van der Waals surface area contributed by atoms with Crippen LogP contribution in [0, 0.1) is 17.7 Å². The van der Waals surface area contributed by atoms with Gasteiger partial charge in [0.25, 0.3) is 0 Å². The van der Waals surface area contributed by atoms with E-state index < -0.39 is 15.8 Å². The molecule has 3 rings (SSSR count). The molecule has 2 fully saturated rings. The van der Waals surface area contributed by atoms with Gasteiger partial charge in [0.1, 0.15) is 0 Å². The zero-order valence-electron chi connectivity index (χ0n) is 15.1. The predicted molar refractivity (Wildman–Crippen MR) is 96.2 cm³/mol. The van der Waals surface area contributed by atoms with Gasteiger partial charge < -0.3 is 14.8 Å². The van der Waals surface area contributed by atoms with Gasteiger partial charge in [-0.3, -0.25) is 0 Å². The largest absolute Gasteiger partial charge is 0.490 e. The van der Waals surface area contributed by atoms with E-state index in [2.05, 4.69) is 5.32 Å². The van der Waals surface area contributed by atoms with E-state index in [1.807, 2.05) is 7.05 Å². The Balaban J connectivity index is 1.63. The maximum Gasteiger partial charge on any atom is 0.243 e. The van der Waals surface area contributed by atoms with Gasteiger partial charge in [0.2, 0.25) is 10.0 Å². The lowest BCUT2D eigenvalue weighted by molar-refractivity contribution is 0.165. The number of rotatable bonds is 7. The van der Waals surface area contributed by atoms with Crippen molar-refractivity contribution < 1.29 is 22.3 Å². The molecule has 2 aliphatic rings. The number of benzene rings is 1. The Labute approximate surface area is 154 Å². The molecule has 1 aromatic rings. The zero-order chi connectivity index (χ0) is 18.6. The Morgan fingerprint density at radius 3 is 2.65 bits per heavy atom. The quantitative estimate of drug-likeness (QED) is 0.775. The van der Waals surface area contributed by atoms with E-state index in [1.165, 1.54) is 16.4 Å². The molecule has 26 heavy (non-hydrogen) atoms. The lowest BCUT2D eigenvalue weighted by Crippen LogP contribution is -2.40. The maximum absolute atomic E-state index is 14.3. The minimum Gasteiger partial charge on any atom is -0.490 e. The van der Waals surface area contributed by atoms with Crippen molar-refractivity contribution in [1.82, 2.24) is 9.62 Å². The van der Waals surface area contributed by atoms with Crippen LogP contribution in [0.2, 0.25) is 0 Å². The average Bonchev–Trinajstić information content (AvgIpc) is 3.15. The third-order valence-electron chi connectivity index (χ3n) is 5.11. The Hall–Kier alpha value is -1.22. The lowest BCUT2D eigenvalue weighted by Gasteiger charge is -2.31. The SMILES string of the molecule is CNCC1CCN(S(=O)(=O)c2ccc(OCC3CCOC3)c(F)c2)CC1. The Morgan fingerprint density at radius 2 is 2.04 bits per heavy atom. The molecule has 0 aliphatic carbocycles. The molecule has 0 aromatic heterocycles. The molecule has 2 aliphatic heterocycles. The number of halogens is 1. The molecule has 0 spiro atoms. The third kappa shape index (κ3) is 4.54. The molecule has 1 atom stereocenters. The molecule has 0 saturated carbocycles. The minimum atomic E-state index is -3.67. The minimum absolute atomic E-state index is 0.0152. The molecule has 0 radical (unpaired) electrons. The summed E-state index contributed by atoms with van der Waals surface area (Å²) < 4.78 is 52.1. The fourth-order valence-corrected chi connectivity index (χ4v) is 4.96. The van der Waals surface area contributed by atoms with Crippen LogP contribution in [0.1, 0.15) is 19.3 Å². The number of hydrogen-bond acceptors (Lipinski definition) is 5. The van der Waals surface area contributed by atoms with E-state index >= 15 is 0 Å².